The first-order chi connectivity index (χ1) is 15.4. The zero-order valence-electron chi connectivity index (χ0n) is 17.6. The summed E-state index contributed by atoms with van der Waals surface area (Å²) in [5.74, 6) is -1.12. The molecule has 0 bridgehead atoms. The van der Waals surface area contributed by atoms with Gasteiger partial charge in [0.05, 0.1) is 11.3 Å². The number of hydrogen-bond acceptors (Lipinski definition) is 3. The van der Waals surface area contributed by atoms with Gasteiger partial charge in [-0.15, -0.1) is 0 Å². The van der Waals surface area contributed by atoms with E-state index in [2.05, 4.69) is 5.32 Å². The highest BCUT2D eigenvalue weighted by Gasteiger charge is 2.14. The number of phenolic OH excluding ortho intramolecular Hbond substituents is 1. The fourth-order valence-electron chi connectivity index (χ4n) is 3.74. The van der Waals surface area contributed by atoms with E-state index in [-0.39, 0.29) is 29.3 Å². The van der Waals surface area contributed by atoms with Gasteiger partial charge < -0.3 is 15.5 Å². The second-order valence-electron chi connectivity index (χ2n) is 7.85. The van der Waals surface area contributed by atoms with E-state index in [9.17, 15) is 19.8 Å². The highest BCUT2D eigenvalue weighted by Crippen LogP contribution is 2.27. The van der Waals surface area contributed by atoms with Crippen LogP contribution in [0.3, 0.4) is 0 Å². The molecule has 0 unspecified atom stereocenters. The molecule has 32 heavy (non-hydrogen) atoms. The lowest BCUT2D eigenvalue weighted by molar-refractivity contribution is -0.116. The summed E-state index contributed by atoms with van der Waals surface area (Å²) in [6.07, 6.45) is 0.745. The van der Waals surface area contributed by atoms with Crippen molar-refractivity contribution in [1.82, 2.24) is 0 Å². The van der Waals surface area contributed by atoms with Gasteiger partial charge in [-0.25, -0.2) is 4.79 Å². The third-order valence-electron chi connectivity index (χ3n) is 5.40. The molecule has 4 rings (SSSR count). The number of carbonyl (C=O) groups excluding carboxylic acids is 1. The summed E-state index contributed by atoms with van der Waals surface area (Å²) in [4.78, 5) is 24.3. The van der Waals surface area contributed by atoms with Crippen LogP contribution in [0.25, 0.3) is 21.9 Å². The molecule has 0 aliphatic rings. The number of anilines is 1. The van der Waals surface area contributed by atoms with Crippen molar-refractivity contribution in [3.05, 3.63) is 95.6 Å². The molecule has 3 N–H and O–H groups in total. The molecule has 4 aromatic rings. The van der Waals surface area contributed by atoms with Crippen LogP contribution in [-0.2, 0) is 11.2 Å². The maximum atomic E-state index is 12.5. The van der Waals surface area contributed by atoms with Crippen LogP contribution in [0.15, 0.2) is 78.9 Å². The number of fused-ring (bicyclic) bond motifs is 1. The zero-order chi connectivity index (χ0) is 22.7. The Morgan fingerprint density at radius 2 is 1.59 bits per heavy atom. The number of aromatic hydroxyl groups is 1. The van der Waals surface area contributed by atoms with Crippen LogP contribution < -0.4 is 5.32 Å². The summed E-state index contributed by atoms with van der Waals surface area (Å²) in [6.45, 7) is 1.98. The molecule has 0 aromatic heterocycles. The largest absolute Gasteiger partial charge is 0.508 e. The first-order valence-corrected chi connectivity index (χ1v) is 10.3. The van der Waals surface area contributed by atoms with Crippen LogP contribution in [0.1, 0.15) is 27.9 Å². The maximum Gasteiger partial charge on any atom is 0.337 e. The Bertz CT molecular complexity index is 1330. The summed E-state index contributed by atoms with van der Waals surface area (Å²) < 4.78 is 0. The van der Waals surface area contributed by atoms with Crippen molar-refractivity contribution < 1.29 is 19.8 Å². The molecule has 4 aromatic carbocycles. The van der Waals surface area contributed by atoms with Gasteiger partial charge >= 0.3 is 5.97 Å². The average molecular weight is 425 g/mol. The molecule has 160 valence electrons. The lowest BCUT2D eigenvalue weighted by Gasteiger charge is -2.11. The van der Waals surface area contributed by atoms with Gasteiger partial charge in [-0.3, -0.25) is 4.79 Å². The highest BCUT2D eigenvalue weighted by molar-refractivity contribution is 6.01. The predicted octanol–water partition coefficient (Wildman–Crippen LogP) is 5.79. The van der Waals surface area contributed by atoms with Gasteiger partial charge in [-0.1, -0.05) is 60.2 Å². The minimum Gasteiger partial charge on any atom is -0.508 e. The van der Waals surface area contributed by atoms with Gasteiger partial charge in [0.2, 0.25) is 5.91 Å². The van der Waals surface area contributed by atoms with Crippen LogP contribution in [0.2, 0.25) is 0 Å². The minimum absolute atomic E-state index is 0.0582. The van der Waals surface area contributed by atoms with Crippen molar-refractivity contribution >= 4 is 28.3 Å². The smallest absolute Gasteiger partial charge is 0.337 e. The van der Waals surface area contributed by atoms with Crippen LogP contribution >= 0.6 is 0 Å². The molecule has 0 fully saturated rings. The Morgan fingerprint density at radius 3 is 2.38 bits per heavy atom. The van der Waals surface area contributed by atoms with Crippen molar-refractivity contribution in [2.45, 2.75) is 19.8 Å². The number of phenols is 1. The number of rotatable bonds is 6. The number of carbonyl (C=O) groups is 2. The molecular weight excluding hydrogens is 402 g/mol. The van der Waals surface area contributed by atoms with E-state index in [4.69, 9.17) is 0 Å². The average Bonchev–Trinajstić information content (AvgIpc) is 2.77. The van der Waals surface area contributed by atoms with E-state index in [0.717, 1.165) is 33.0 Å². The number of amides is 1. The number of aryl methyl sites for hydroxylation is 2. The van der Waals surface area contributed by atoms with Crippen LogP contribution in [0.5, 0.6) is 5.75 Å². The third-order valence-corrected chi connectivity index (χ3v) is 5.40. The van der Waals surface area contributed by atoms with Gasteiger partial charge in [-0.2, -0.15) is 0 Å². The highest BCUT2D eigenvalue weighted by atomic mass is 16.4. The topological polar surface area (TPSA) is 86.6 Å². The first-order valence-electron chi connectivity index (χ1n) is 10.3. The molecule has 0 atom stereocenters. The molecule has 0 heterocycles. The molecule has 0 aliphatic heterocycles. The van der Waals surface area contributed by atoms with Crippen molar-refractivity contribution in [3.63, 3.8) is 0 Å². The Labute approximate surface area is 186 Å². The standard InChI is InChI=1S/C27H23NO4/c1-17-3-2-4-19(13-17)22-9-11-25(24(16-22)27(31)32)28-26(30)12-6-18-5-7-21-15-23(29)10-8-20(21)14-18/h2-5,7-11,13-16,29H,6,12H2,1H3,(H,28,30)(H,31,32). The third kappa shape index (κ3) is 4.78. The monoisotopic (exact) mass is 425 g/mol. The Hall–Kier alpha value is -4.12. The van der Waals surface area contributed by atoms with E-state index < -0.39 is 5.97 Å². The SMILES string of the molecule is Cc1cccc(-c2ccc(NC(=O)CCc3ccc4cc(O)ccc4c3)c(C(=O)O)c2)c1. The van der Waals surface area contributed by atoms with E-state index >= 15 is 0 Å². The van der Waals surface area contributed by atoms with Crippen molar-refractivity contribution in [2.24, 2.45) is 0 Å². The number of aromatic carboxylic acids is 1. The number of hydrogen-bond donors (Lipinski definition) is 3. The van der Waals surface area contributed by atoms with Gasteiger partial charge in [0, 0.05) is 6.42 Å². The van der Waals surface area contributed by atoms with Gasteiger partial charge in [0.15, 0.2) is 0 Å². The fourth-order valence-corrected chi connectivity index (χ4v) is 3.74. The summed E-state index contributed by atoms with van der Waals surface area (Å²) in [5.41, 5.74) is 4.13. The number of carboxylic acid groups (broad SMARTS) is 1. The summed E-state index contributed by atoms with van der Waals surface area (Å²) in [7, 11) is 0. The molecule has 0 spiro atoms. The molecule has 0 radical (unpaired) electrons. The lowest BCUT2D eigenvalue weighted by Crippen LogP contribution is -2.15. The van der Waals surface area contributed by atoms with Gasteiger partial charge in [-0.05, 0) is 65.1 Å². The summed E-state index contributed by atoms with van der Waals surface area (Å²) in [5, 5.41) is 23.9. The second-order valence-corrected chi connectivity index (χ2v) is 7.85. The molecule has 0 saturated heterocycles. The summed E-state index contributed by atoms with van der Waals surface area (Å²) in [6, 6.07) is 23.9. The second kappa shape index (κ2) is 8.94. The van der Waals surface area contributed by atoms with Gasteiger partial charge in [0.1, 0.15) is 5.75 Å². The molecular formula is C27H23NO4. The summed E-state index contributed by atoms with van der Waals surface area (Å²) >= 11 is 0. The van der Waals surface area contributed by atoms with E-state index in [1.54, 1.807) is 24.3 Å². The van der Waals surface area contributed by atoms with E-state index in [1.807, 2.05) is 61.5 Å². The van der Waals surface area contributed by atoms with Crippen molar-refractivity contribution in [1.29, 1.82) is 0 Å². The van der Waals surface area contributed by atoms with Crippen molar-refractivity contribution in [2.75, 3.05) is 5.32 Å². The molecule has 0 aliphatic carbocycles. The maximum absolute atomic E-state index is 12.5. The quantitative estimate of drug-likeness (QED) is 0.365. The van der Waals surface area contributed by atoms with Crippen molar-refractivity contribution in [3.8, 4) is 16.9 Å². The molecule has 1 amide bonds. The number of benzene rings is 4. The number of carboxylic acids is 1. The molecule has 5 nitrogen and oxygen atoms in total. The normalized spacial score (nSPS) is 10.8. The molecule has 0 saturated carbocycles. The number of nitrogens with one attached hydrogen (secondary N) is 1. The van der Waals surface area contributed by atoms with Crippen LogP contribution in [0, 0.1) is 6.92 Å². The Balaban J connectivity index is 1.47. The Kier molecular flexibility index (Phi) is 5.90. The van der Waals surface area contributed by atoms with Crippen LogP contribution in [-0.4, -0.2) is 22.1 Å². The Morgan fingerprint density at radius 1 is 0.844 bits per heavy atom. The lowest BCUT2D eigenvalue weighted by atomic mass is 10.00. The fraction of sp³-hybridized carbons (Fsp3) is 0.111. The zero-order valence-corrected chi connectivity index (χ0v) is 17.6. The predicted molar refractivity (Wildman–Crippen MR) is 126 cm³/mol. The first kappa shape index (κ1) is 21.1. The molecule has 5 heteroatoms. The minimum atomic E-state index is -1.09. The van der Waals surface area contributed by atoms with E-state index in [1.165, 1.54) is 0 Å². The van der Waals surface area contributed by atoms with E-state index in [0.29, 0.717) is 6.42 Å². The van der Waals surface area contributed by atoms with Gasteiger partial charge in [0.25, 0.3) is 0 Å². The van der Waals surface area contributed by atoms with Crippen LogP contribution in [0.4, 0.5) is 5.69 Å².